The summed E-state index contributed by atoms with van der Waals surface area (Å²) in [6.07, 6.45) is 4.01. The van der Waals surface area contributed by atoms with Crippen LogP contribution in [0.2, 0.25) is 0 Å². The number of amides is 2. The lowest BCUT2D eigenvalue weighted by Gasteiger charge is -2.70. The summed E-state index contributed by atoms with van der Waals surface area (Å²) < 4.78 is 1.69. The second kappa shape index (κ2) is 6.43. The number of pyridine rings is 1. The van der Waals surface area contributed by atoms with Crippen molar-refractivity contribution in [1.82, 2.24) is 25.2 Å². The largest absolute Gasteiger partial charge is 0.465 e. The molecule has 31 heavy (non-hydrogen) atoms. The van der Waals surface area contributed by atoms with Gasteiger partial charge in [0.1, 0.15) is 6.07 Å². The third kappa shape index (κ3) is 2.93. The molecule has 3 aromatic heterocycles. The van der Waals surface area contributed by atoms with Gasteiger partial charge in [-0.3, -0.25) is 9.78 Å². The van der Waals surface area contributed by atoms with Gasteiger partial charge < -0.3 is 21.1 Å². The highest BCUT2D eigenvalue weighted by Gasteiger charge is 2.69. The molecule has 3 aliphatic carbocycles. The summed E-state index contributed by atoms with van der Waals surface area (Å²) in [6, 6.07) is 9.34. The molecule has 10 nitrogen and oxygen atoms in total. The van der Waals surface area contributed by atoms with E-state index in [9.17, 15) is 9.59 Å². The van der Waals surface area contributed by atoms with Crippen LogP contribution in [-0.2, 0) is 0 Å². The molecule has 0 aliphatic heterocycles. The summed E-state index contributed by atoms with van der Waals surface area (Å²) in [7, 11) is 1.56. The molecule has 3 heterocycles. The molecule has 0 saturated heterocycles. The Balaban J connectivity index is 1.48. The van der Waals surface area contributed by atoms with Crippen LogP contribution in [0.3, 0.4) is 0 Å². The van der Waals surface area contributed by atoms with Crippen molar-refractivity contribution in [2.24, 2.45) is 0 Å². The van der Waals surface area contributed by atoms with Gasteiger partial charge in [-0.05, 0) is 43.5 Å². The number of rotatable bonds is 5. The lowest BCUT2D eigenvalue weighted by atomic mass is 9.44. The van der Waals surface area contributed by atoms with Gasteiger partial charge in [-0.25, -0.2) is 9.31 Å². The van der Waals surface area contributed by atoms with Gasteiger partial charge in [0, 0.05) is 18.8 Å². The quantitative estimate of drug-likeness (QED) is 0.497. The Bertz CT molecular complexity index is 1270. The second-order valence-corrected chi connectivity index (χ2v) is 8.25. The molecule has 6 rings (SSSR count). The maximum Gasteiger partial charge on any atom is 0.405 e. The Morgan fingerprint density at radius 2 is 1.97 bits per heavy atom. The van der Waals surface area contributed by atoms with E-state index in [1.807, 2.05) is 18.2 Å². The van der Waals surface area contributed by atoms with Gasteiger partial charge in [0.15, 0.2) is 0 Å². The minimum absolute atomic E-state index is 0.231. The molecular formula is C21H19N7O3. The number of aromatic nitrogens is 3. The molecule has 3 aliphatic rings. The first-order valence-corrected chi connectivity index (χ1v) is 9.76. The zero-order valence-electron chi connectivity index (χ0n) is 16.6. The van der Waals surface area contributed by atoms with Crippen LogP contribution in [0.25, 0.3) is 16.9 Å². The molecule has 0 radical (unpaired) electrons. The van der Waals surface area contributed by atoms with E-state index in [0.29, 0.717) is 41.8 Å². The Labute approximate surface area is 176 Å². The number of carbonyl (C=O) groups excluding carboxylic acids is 1. The monoisotopic (exact) mass is 417 g/mol. The van der Waals surface area contributed by atoms with Gasteiger partial charge in [0.2, 0.25) is 0 Å². The molecule has 0 aromatic carbocycles. The number of hydrogen-bond donors (Lipinski definition) is 4. The van der Waals surface area contributed by atoms with Crippen molar-refractivity contribution in [3.05, 3.63) is 47.8 Å². The average Bonchev–Trinajstić information content (AvgIpc) is 3.13. The van der Waals surface area contributed by atoms with Crippen LogP contribution in [0.1, 0.15) is 35.2 Å². The molecule has 3 saturated carbocycles. The van der Waals surface area contributed by atoms with E-state index in [2.05, 4.69) is 32.1 Å². The summed E-state index contributed by atoms with van der Waals surface area (Å²) in [5.41, 5.74) is 3.04. The first-order chi connectivity index (χ1) is 14.9. The number of nitrogens with one attached hydrogen (secondary N) is 3. The zero-order chi connectivity index (χ0) is 21.8. The van der Waals surface area contributed by atoms with E-state index in [1.165, 1.54) is 12.4 Å². The highest BCUT2D eigenvalue weighted by atomic mass is 16.4. The number of anilines is 1. The first kappa shape index (κ1) is 18.9. The van der Waals surface area contributed by atoms with Crippen molar-refractivity contribution in [2.45, 2.75) is 30.3 Å². The number of fused-ring (bicyclic) bond motifs is 1. The molecule has 3 aromatic rings. The van der Waals surface area contributed by atoms with E-state index in [0.717, 1.165) is 11.2 Å². The Hall–Kier alpha value is -4.13. The molecule has 0 spiro atoms. The smallest absolute Gasteiger partial charge is 0.405 e. The number of carboxylic acid groups (broad SMARTS) is 1. The van der Waals surface area contributed by atoms with Crippen molar-refractivity contribution in [3.8, 4) is 17.5 Å². The summed E-state index contributed by atoms with van der Waals surface area (Å²) in [5.74, 6) is -0.261. The summed E-state index contributed by atoms with van der Waals surface area (Å²) in [5, 5.41) is 31.1. The predicted octanol–water partition coefficient (Wildman–Crippen LogP) is 1.98. The number of nitrogens with zero attached hydrogens (tertiary/aromatic N) is 4. The zero-order valence-corrected chi connectivity index (χ0v) is 16.6. The van der Waals surface area contributed by atoms with E-state index in [-0.39, 0.29) is 17.0 Å². The highest BCUT2D eigenvalue weighted by molar-refractivity contribution is 6.00. The fourth-order valence-electron chi connectivity index (χ4n) is 4.83. The maximum absolute atomic E-state index is 12.4. The number of carbonyl (C=O) groups is 2. The third-order valence-electron chi connectivity index (χ3n) is 6.07. The summed E-state index contributed by atoms with van der Waals surface area (Å²) in [4.78, 5) is 27.8. The van der Waals surface area contributed by atoms with Crippen molar-refractivity contribution in [2.75, 3.05) is 12.4 Å². The Morgan fingerprint density at radius 3 is 2.65 bits per heavy atom. The van der Waals surface area contributed by atoms with Gasteiger partial charge in [-0.2, -0.15) is 10.4 Å². The van der Waals surface area contributed by atoms with Gasteiger partial charge in [-0.15, -0.1) is 0 Å². The third-order valence-corrected chi connectivity index (χ3v) is 6.07. The Kier molecular flexibility index (Phi) is 3.92. The molecule has 2 bridgehead atoms. The standard InChI is InChI=1S/C21H19N7O3/c1-23-18(29)14-8-24-16(17-3-2-13-4-12(6-22)7-25-28(13)17)5-15(14)26-20-9-21(10-20,11-20)27-19(30)31/h2-5,7-8,27H,9-11H2,1H3,(H,23,29)(H,24,26)(H,30,31). The molecule has 4 N–H and O–H groups in total. The van der Waals surface area contributed by atoms with E-state index in [1.54, 1.807) is 17.6 Å². The van der Waals surface area contributed by atoms with E-state index >= 15 is 0 Å². The molecule has 0 atom stereocenters. The molecular weight excluding hydrogens is 398 g/mol. The second-order valence-electron chi connectivity index (χ2n) is 8.25. The average molecular weight is 417 g/mol. The summed E-state index contributed by atoms with van der Waals surface area (Å²) >= 11 is 0. The van der Waals surface area contributed by atoms with Crippen LogP contribution in [-0.4, -0.2) is 49.8 Å². The molecule has 3 fully saturated rings. The predicted molar refractivity (Wildman–Crippen MR) is 111 cm³/mol. The minimum atomic E-state index is -1.02. The highest BCUT2D eigenvalue weighted by Crippen LogP contribution is 2.62. The fraction of sp³-hybridized carbons (Fsp3) is 0.286. The van der Waals surface area contributed by atoms with Gasteiger partial charge in [-0.1, -0.05) is 0 Å². The topological polar surface area (TPSA) is 144 Å². The van der Waals surface area contributed by atoms with Crippen molar-refractivity contribution in [1.29, 1.82) is 5.26 Å². The van der Waals surface area contributed by atoms with Crippen molar-refractivity contribution in [3.63, 3.8) is 0 Å². The lowest BCUT2D eigenvalue weighted by Crippen LogP contribution is -2.81. The van der Waals surface area contributed by atoms with E-state index in [4.69, 9.17) is 10.4 Å². The first-order valence-electron chi connectivity index (χ1n) is 9.76. The van der Waals surface area contributed by atoms with Crippen LogP contribution >= 0.6 is 0 Å². The lowest BCUT2D eigenvalue weighted by molar-refractivity contribution is -0.0572. The molecule has 10 heteroatoms. The van der Waals surface area contributed by atoms with Gasteiger partial charge in [0.25, 0.3) is 5.91 Å². The van der Waals surface area contributed by atoms with E-state index < -0.39 is 6.09 Å². The number of nitriles is 1. The van der Waals surface area contributed by atoms with Crippen molar-refractivity contribution >= 4 is 23.2 Å². The van der Waals surface area contributed by atoms with Gasteiger partial charge >= 0.3 is 6.09 Å². The van der Waals surface area contributed by atoms with Crippen LogP contribution in [0.15, 0.2) is 36.7 Å². The summed E-state index contributed by atoms with van der Waals surface area (Å²) in [6.45, 7) is 0. The molecule has 0 unspecified atom stereocenters. The van der Waals surface area contributed by atoms with Crippen LogP contribution in [0.4, 0.5) is 10.5 Å². The maximum atomic E-state index is 12.4. The Morgan fingerprint density at radius 1 is 1.19 bits per heavy atom. The van der Waals surface area contributed by atoms with Crippen molar-refractivity contribution < 1.29 is 14.7 Å². The van der Waals surface area contributed by atoms with Gasteiger partial charge in [0.05, 0.1) is 45.5 Å². The van der Waals surface area contributed by atoms with Crippen LogP contribution < -0.4 is 16.0 Å². The van der Waals surface area contributed by atoms with Crippen LogP contribution in [0.5, 0.6) is 0 Å². The minimum Gasteiger partial charge on any atom is -0.465 e. The fourth-order valence-corrected chi connectivity index (χ4v) is 4.83. The van der Waals surface area contributed by atoms with Crippen LogP contribution in [0, 0.1) is 11.3 Å². The molecule has 2 amide bonds. The normalized spacial score (nSPS) is 23.2. The SMILES string of the molecule is CNC(=O)c1cnc(-c2ccc3cc(C#N)cnn23)cc1NC12CC(NC(=O)O)(C1)C2. The number of hydrogen-bond acceptors (Lipinski definition) is 6. The molecule has 156 valence electrons.